The van der Waals surface area contributed by atoms with Crippen molar-refractivity contribution < 1.29 is 23.9 Å². The van der Waals surface area contributed by atoms with Gasteiger partial charge in [-0.05, 0) is 54.3 Å². The second kappa shape index (κ2) is 10.2. The number of likely N-dealkylation sites (tertiary alicyclic amines) is 1. The molecule has 33 heavy (non-hydrogen) atoms. The van der Waals surface area contributed by atoms with Crippen molar-refractivity contribution in [3.63, 3.8) is 0 Å². The molecule has 1 aromatic heterocycles. The molecular weight excluding hydrogens is 442 g/mol. The minimum absolute atomic E-state index is 0.0219. The number of nitrogens with one attached hydrogen (secondary N) is 2. The van der Waals surface area contributed by atoms with Crippen molar-refractivity contribution in [2.24, 2.45) is 11.8 Å². The molecule has 0 spiro atoms. The number of ether oxygens (including phenoxy) is 2. The van der Waals surface area contributed by atoms with Crippen LogP contribution in [-0.2, 0) is 4.79 Å². The summed E-state index contributed by atoms with van der Waals surface area (Å²) in [6, 6.07) is 8.00. The number of nitrogens with zero attached hydrogens (tertiary/aromatic N) is 1. The molecule has 2 N–H and O–H groups in total. The molecule has 1 atom stereocenters. The number of rotatable bonds is 7. The number of thiophene rings is 1. The summed E-state index contributed by atoms with van der Waals surface area (Å²) in [5.41, 5.74) is 0.409. The van der Waals surface area contributed by atoms with Gasteiger partial charge in [0.25, 0.3) is 11.8 Å². The number of carbonyl (C=O) groups is 3. The van der Waals surface area contributed by atoms with Gasteiger partial charge in [0.15, 0.2) is 11.5 Å². The van der Waals surface area contributed by atoms with Crippen LogP contribution in [0.15, 0.2) is 35.7 Å². The van der Waals surface area contributed by atoms with Crippen LogP contribution >= 0.6 is 11.3 Å². The lowest BCUT2D eigenvalue weighted by molar-refractivity contribution is -0.124. The molecule has 9 heteroatoms. The van der Waals surface area contributed by atoms with E-state index >= 15 is 0 Å². The van der Waals surface area contributed by atoms with Crippen molar-refractivity contribution in [1.29, 1.82) is 0 Å². The molecule has 0 radical (unpaired) electrons. The zero-order valence-electron chi connectivity index (χ0n) is 18.8. The average molecular weight is 472 g/mol. The Labute approximate surface area is 197 Å². The summed E-state index contributed by atoms with van der Waals surface area (Å²) in [6.07, 6.45) is 1.27. The van der Waals surface area contributed by atoms with E-state index in [-0.39, 0.29) is 30.4 Å². The summed E-state index contributed by atoms with van der Waals surface area (Å²) in [5.74, 6) is 0.834. The average Bonchev–Trinajstić information content (AvgIpc) is 3.52. The first-order valence-corrected chi connectivity index (χ1v) is 12.1. The standard InChI is InChI=1S/C24H29N3O5S/c1-15(2)13-25-23(29)21(26-22(28)17-5-6-18-19(12-17)32-14-31-18)16-7-9-27(10-8-16)24(30)20-4-3-11-33-20/h3-6,11-12,15-16,21H,7-10,13-14H2,1-2H3,(H,25,29)(H,26,28). The van der Waals surface area contributed by atoms with Crippen LogP contribution in [0.4, 0.5) is 0 Å². The topological polar surface area (TPSA) is 97.0 Å². The van der Waals surface area contributed by atoms with E-state index in [1.54, 1.807) is 18.2 Å². The molecule has 2 aromatic rings. The normalized spacial score (nSPS) is 16.5. The van der Waals surface area contributed by atoms with Crippen molar-refractivity contribution in [3.8, 4) is 11.5 Å². The molecule has 3 heterocycles. The zero-order valence-corrected chi connectivity index (χ0v) is 19.7. The van der Waals surface area contributed by atoms with Gasteiger partial charge < -0.3 is 25.0 Å². The Kier molecular flexibility index (Phi) is 7.17. The van der Waals surface area contributed by atoms with Crippen LogP contribution in [0.2, 0.25) is 0 Å². The van der Waals surface area contributed by atoms with E-state index in [0.717, 1.165) is 4.88 Å². The van der Waals surface area contributed by atoms with Crippen LogP contribution in [0, 0.1) is 11.8 Å². The van der Waals surface area contributed by atoms with Gasteiger partial charge in [-0.2, -0.15) is 0 Å². The molecule has 0 saturated carbocycles. The maximum atomic E-state index is 13.1. The van der Waals surface area contributed by atoms with E-state index in [0.29, 0.717) is 55.5 Å². The number of piperidine rings is 1. The Balaban J connectivity index is 1.44. The second-order valence-electron chi connectivity index (χ2n) is 8.77. The molecule has 0 aliphatic carbocycles. The quantitative estimate of drug-likeness (QED) is 0.647. The summed E-state index contributed by atoms with van der Waals surface area (Å²) in [6.45, 7) is 5.81. The molecular formula is C24H29N3O5S. The highest BCUT2D eigenvalue weighted by atomic mass is 32.1. The van der Waals surface area contributed by atoms with Gasteiger partial charge in [0.2, 0.25) is 12.7 Å². The summed E-state index contributed by atoms with van der Waals surface area (Å²) in [4.78, 5) is 41.3. The third kappa shape index (κ3) is 5.47. The van der Waals surface area contributed by atoms with Gasteiger partial charge in [0.05, 0.1) is 4.88 Å². The first-order chi connectivity index (χ1) is 15.9. The number of hydrogen-bond donors (Lipinski definition) is 2. The lowest BCUT2D eigenvalue weighted by atomic mass is 9.88. The fourth-order valence-corrected chi connectivity index (χ4v) is 4.76. The summed E-state index contributed by atoms with van der Waals surface area (Å²) in [5, 5.41) is 7.79. The Morgan fingerprint density at radius 2 is 1.88 bits per heavy atom. The maximum absolute atomic E-state index is 13.1. The minimum atomic E-state index is -0.680. The third-order valence-electron chi connectivity index (χ3n) is 5.92. The molecule has 2 aliphatic heterocycles. The van der Waals surface area contributed by atoms with E-state index < -0.39 is 6.04 Å². The molecule has 2 aliphatic rings. The smallest absolute Gasteiger partial charge is 0.263 e. The van der Waals surface area contributed by atoms with E-state index in [9.17, 15) is 14.4 Å². The fourth-order valence-electron chi connectivity index (χ4n) is 4.07. The van der Waals surface area contributed by atoms with Gasteiger partial charge in [-0.25, -0.2) is 0 Å². The van der Waals surface area contributed by atoms with Gasteiger partial charge in [-0.15, -0.1) is 11.3 Å². The Morgan fingerprint density at radius 3 is 2.58 bits per heavy atom. The van der Waals surface area contributed by atoms with Gasteiger partial charge >= 0.3 is 0 Å². The highest BCUT2D eigenvalue weighted by Gasteiger charge is 2.34. The van der Waals surface area contributed by atoms with Crippen molar-refractivity contribution in [2.45, 2.75) is 32.7 Å². The Bertz CT molecular complexity index is 1000. The summed E-state index contributed by atoms with van der Waals surface area (Å²) >= 11 is 1.43. The second-order valence-corrected chi connectivity index (χ2v) is 9.71. The highest BCUT2D eigenvalue weighted by molar-refractivity contribution is 7.12. The molecule has 1 unspecified atom stereocenters. The first-order valence-electron chi connectivity index (χ1n) is 11.2. The van der Waals surface area contributed by atoms with Crippen LogP contribution in [0.1, 0.15) is 46.7 Å². The lowest BCUT2D eigenvalue weighted by Gasteiger charge is -2.35. The van der Waals surface area contributed by atoms with E-state index in [4.69, 9.17) is 9.47 Å². The number of amides is 3. The van der Waals surface area contributed by atoms with Gasteiger partial charge in [-0.1, -0.05) is 19.9 Å². The molecule has 1 fully saturated rings. The minimum Gasteiger partial charge on any atom is -0.454 e. The summed E-state index contributed by atoms with van der Waals surface area (Å²) in [7, 11) is 0. The number of hydrogen-bond acceptors (Lipinski definition) is 6. The van der Waals surface area contributed by atoms with Gasteiger partial charge in [0.1, 0.15) is 6.04 Å². The van der Waals surface area contributed by atoms with E-state index in [1.807, 2.05) is 36.3 Å². The van der Waals surface area contributed by atoms with Crippen molar-refractivity contribution in [2.75, 3.05) is 26.4 Å². The molecule has 0 bridgehead atoms. The van der Waals surface area contributed by atoms with E-state index in [1.165, 1.54) is 11.3 Å². The van der Waals surface area contributed by atoms with Crippen molar-refractivity contribution in [1.82, 2.24) is 15.5 Å². The van der Waals surface area contributed by atoms with Gasteiger partial charge in [0, 0.05) is 25.2 Å². The van der Waals surface area contributed by atoms with Crippen molar-refractivity contribution in [3.05, 3.63) is 46.2 Å². The van der Waals surface area contributed by atoms with Gasteiger partial charge in [-0.3, -0.25) is 14.4 Å². The molecule has 1 saturated heterocycles. The monoisotopic (exact) mass is 471 g/mol. The number of fused-ring (bicyclic) bond motifs is 1. The highest BCUT2D eigenvalue weighted by Crippen LogP contribution is 2.32. The third-order valence-corrected chi connectivity index (χ3v) is 6.78. The molecule has 3 amide bonds. The van der Waals surface area contributed by atoms with Crippen LogP contribution in [0.3, 0.4) is 0 Å². The Morgan fingerprint density at radius 1 is 1.12 bits per heavy atom. The first kappa shape index (κ1) is 23.1. The van der Waals surface area contributed by atoms with Crippen LogP contribution < -0.4 is 20.1 Å². The maximum Gasteiger partial charge on any atom is 0.263 e. The molecule has 1 aromatic carbocycles. The van der Waals surface area contributed by atoms with Crippen LogP contribution in [0.25, 0.3) is 0 Å². The summed E-state index contributed by atoms with van der Waals surface area (Å²) < 4.78 is 10.7. The number of carbonyl (C=O) groups excluding carboxylic acids is 3. The van der Waals surface area contributed by atoms with Crippen LogP contribution in [-0.4, -0.2) is 55.1 Å². The zero-order chi connectivity index (χ0) is 23.4. The fraction of sp³-hybridized carbons (Fsp3) is 0.458. The van der Waals surface area contributed by atoms with Crippen molar-refractivity contribution >= 4 is 29.1 Å². The van der Waals surface area contributed by atoms with Crippen LogP contribution in [0.5, 0.6) is 11.5 Å². The SMILES string of the molecule is CC(C)CNC(=O)C(NC(=O)c1ccc2c(c1)OCO2)C1CCN(C(=O)c2cccs2)CC1. The number of benzene rings is 1. The molecule has 4 rings (SSSR count). The Hall–Kier alpha value is -3.07. The lowest BCUT2D eigenvalue weighted by Crippen LogP contribution is -2.54. The predicted molar refractivity (Wildman–Crippen MR) is 125 cm³/mol. The molecule has 8 nitrogen and oxygen atoms in total. The predicted octanol–water partition coefficient (Wildman–Crippen LogP) is 2.90. The molecule has 176 valence electrons. The largest absolute Gasteiger partial charge is 0.454 e. The van der Waals surface area contributed by atoms with E-state index in [2.05, 4.69) is 10.6 Å².